The first kappa shape index (κ1) is 12.0. The molecule has 1 aromatic heterocycles. The lowest BCUT2D eigenvalue weighted by atomic mass is 10.1. The fourth-order valence-electron chi connectivity index (χ4n) is 1.39. The van der Waals surface area contributed by atoms with Gasteiger partial charge in [-0.2, -0.15) is 4.37 Å². The van der Waals surface area contributed by atoms with Crippen LogP contribution < -0.4 is 10.2 Å². The molecule has 0 spiro atoms. The molecule has 0 aliphatic carbocycles. The number of benzene rings is 1. The van der Waals surface area contributed by atoms with Gasteiger partial charge in [0.15, 0.2) is 5.15 Å². The van der Waals surface area contributed by atoms with Crippen molar-refractivity contribution in [2.75, 3.05) is 0 Å². The van der Waals surface area contributed by atoms with Crippen LogP contribution in [0.5, 0.6) is 11.6 Å². The van der Waals surface area contributed by atoms with Gasteiger partial charge in [0.05, 0.1) is 11.7 Å². The number of nitrogens with zero attached hydrogens (tertiary/aromatic N) is 2. The molecule has 0 radical (unpaired) electrons. The second-order valence-corrected chi connectivity index (χ2v) is 4.40. The van der Waals surface area contributed by atoms with Gasteiger partial charge in [-0.3, -0.25) is 4.79 Å². The maximum atomic E-state index is 11.6. The van der Waals surface area contributed by atoms with Crippen LogP contribution in [0.2, 0.25) is 5.15 Å². The molecule has 17 heavy (non-hydrogen) atoms. The lowest BCUT2D eigenvalue weighted by Crippen LogP contribution is -2.08. The Balaban J connectivity index is 2.45. The van der Waals surface area contributed by atoms with Crippen molar-refractivity contribution in [1.29, 1.82) is 0 Å². The van der Waals surface area contributed by atoms with Crippen LogP contribution in [0.15, 0.2) is 23.0 Å². The van der Waals surface area contributed by atoms with Crippen LogP contribution in [0.25, 0.3) is 0 Å². The maximum absolute atomic E-state index is 11.6. The van der Waals surface area contributed by atoms with Gasteiger partial charge in [0, 0.05) is 0 Å². The first-order valence-electron chi connectivity index (χ1n) is 4.86. The Bertz CT molecular complexity index is 592. The molecule has 0 saturated heterocycles. The fourth-order valence-corrected chi connectivity index (χ4v) is 1.95. The number of halogens is 1. The van der Waals surface area contributed by atoms with Gasteiger partial charge in [-0.25, -0.2) is 0 Å². The average Bonchev–Trinajstić information content (AvgIpc) is 2.29. The van der Waals surface area contributed by atoms with E-state index in [1.807, 2.05) is 32.0 Å². The summed E-state index contributed by atoms with van der Waals surface area (Å²) < 4.78 is 13.0. The van der Waals surface area contributed by atoms with E-state index in [0.717, 1.165) is 22.9 Å². The second-order valence-electron chi connectivity index (χ2n) is 3.51. The lowest BCUT2D eigenvalue weighted by Gasteiger charge is -2.09. The highest BCUT2D eigenvalue weighted by molar-refractivity contribution is 6.99. The molecule has 1 heterocycles. The third kappa shape index (κ3) is 2.45. The van der Waals surface area contributed by atoms with Gasteiger partial charge >= 0.3 is 0 Å². The minimum absolute atomic E-state index is 0.0348. The van der Waals surface area contributed by atoms with Gasteiger partial charge in [0.2, 0.25) is 0 Å². The third-order valence-electron chi connectivity index (χ3n) is 2.23. The molecule has 6 heteroatoms. The molecule has 1 aromatic carbocycles. The van der Waals surface area contributed by atoms with Crippen LogP contribution in [0, 0.1) is 13.8 Å². The van der Waals surface area contributed by atoms with Gasteiger partial charge in [-0.05, 0) is 25.0 Å². The summed E-state index contributed by atoms with van der Waals surface area (Å²) in [5.74, 6) is 0.596. The maximum Gasteiger partial charge on any atom is 0.283 e. The molecule has 88 valence electrons. The van der Waals surface area contributed by atoms with E-state index in [0.29, 0.717) is 5.75 Å². The lowest BCUT2D eigenvalue weighted by molar-refractivity contribution is 0.455. The fraction of sp³-hybridized carbons (Fsp3) is 0.182. The van der Waals surface area contributed by atoms with Crippen molar-refractivity contribution in [1.82, 2.24) is 8.75 Å². The molecule has 0 fully saturated rings. The zero-order chi connectivity index (χ0) is 12.4. The normalized spacial score (nSPS) is 10.3. The quantitative estimate of drug-likeness (QED) is 0.840. The van der Waals surface area contributed by atoms with Gasteiger partial charge < -0.3 is 4.74 Å². The number of ether oxygens (including phenoxy) is 1. The van der Waals surface area contributed by atoms with Crippen LogP contribution in [0.3, 0.4) is 0 Å². The molecule has 0 unspecified atom stereocenters. The Kier molecular flexibility index (Phi) is 3.40. The van der Waals surface area contributed by atoms with Crippen molar-refractivity contribution in [2.24, 2.45) is 0 Å². The molecular weight excluding hydrogens is 260 g/mol. The number of rotatable bonds is 2. The number of hydrogen-bond acceptors (Lipinski definition) is 5. The molecular formula is C11H9ClN2O2S. The summed E-state index contributed by atoms with van der Waals surface area (Å²) in [7, 11) is 0. The minimum atomic E-state index is -0.493. The van der Waals surface area contributed by atoms with E-state index in [4.69, 9.17) is 16.3 Å². The first-order valence-corrected chi connectivity index (χ1v) is 5.97. The van der Waals surface area contributed by atoms with Crippen LogP contribution in [0.4, 0.5) is 0 Å². The van der Waals surface area contributed by atoms with E-state index in [1.165, 1.54) is 0 Å². The summed E-state index contributed by atoms with van der Waals surface area (Å²) in [6, 6.07) is 5.73. The predicted molar refractivity (Wildman–Crippen MR) is 67.2 cm³/mol. The molecule has 0 amide bonds. The van der Waals surface area contributed by atoms with Crippen molar-refractivity contribution in [3.8, 4) is 11.6 Å². The van der Waals surface area contributed by atoms with E-state index in [2.05, 4.69) is 8.75 Å². The van der Waals surface area contributed by atoms with Crippen LogP contribution >= 0.6 is 23.3 Å². The van der Waals surface area contributed by atoms with Crippen LogP contribution in [-0.2, 0) is 0 Å². The molecule has 0 bridgehead atoms. The standard InChI is InChI=1S/C11H9ClN2O2S/c1-6-4-3-5-7(2)9(6)16-11-8(15)10(12)13-17-14-11/h3-5H,1-2H3. The highest BCUT2D eigenvalue weighted by Crippen LogP contribution is 2.26. The summed E-state index contributed by atoms with van der Waals surface area (Å²) in [5, 5.41) is -0.119. The van der Waals surface area contributed by atoms with E-state index < -0.39 is 5.43 Å². The smallest absolute Gasteiger partial charge is 0.283 e. The zero-order valence-electron chi connectivity index (χ0n) is 9.23. The molecule has 4 nitrogen and oxygen atoms in total. The highest BCUT2D eigenvalue weighted by atomic mass is 35.5. The Labute approximate surface area is 107 Å². The predicted octanol–water partition coefficient (Wildman–Crippen LogP) is 2.96. The van der Waals surface area contributed by atoms with E-state index in [-0.39, 0.29) is 11.0 Å². The summed E-state index contributed by atoms with van der Waals surface area (Å²) in [6.45, 7) is 3.80. The minimum Gasteiger partial charge on any atom is -0.435 e. The number of para-hydroxylation sites is 1. The van der Waals surface area contributed by atoms with Crippen molar-refractivity contribution >= 4 is 23.3 Å². The molecule has 0 N–H and O–H groups in total. The highest BCUT2D eigenvalue weighted by Gasteiger charge is 2.12. The number of aromatic nitrogens is 2. The van der Waals surface area contributed by atoms with Gasteiger partial charge in [0.1, 0.15) is 5.75 Å². The first-order chi connectivity index (χ1) is 8.09. The molecule has 2 aromatic rings. The van der Waals surface area contributed by atoms with Crippen molar-refractivity contribution in [3.05, 3.63) is 44.7 Å². The molecule has 0 aliphatic rings. The Hall–Kier alpha value is -1.46. The average molecular weight is 269 g/mol. The Morgan fingerprint density at radius 2 is 1.88 bits per heavy atom. The van der Waals surface area contributed by atoms with Crippen molar-refractivity contribution < 1.29 is 4.74 Å². The largest absolute Gasteiger partial charge is 0.435 e. The number of aryl methyl sites for hydroxylation is 2. The van der Waals surface area contributed by atoms with E-state index >= 15 is 0 Å². The molecule has 0 atom stereocenters. The van der Waals surface area contributed by atoms with Gasteiger partial charge in [-0.15, -0.1) is 4.37 Å². The van der Waals surface area contributed by atoms with Crippen molar-refractivity contribution in [3.63, 3.8) is 0 Å². The Morgan fingerprint density at radius 1 is 1.24 bits per heavy atom. The van der Waals surface area contributed by atoms with Crippen LogP contribution in [0.1, 0.15) is 11.1 Å². The summed E-state index contributed by atoms with van der Waals surface area (Å²) in [6.07, 6.45) is 0. The van der Waals surface area contributed by atoms with Gasteiger partial charge in [0.25, 0.3) is 11.3 Å². The second kappa shape index (κ2) is 4.81. The van der Waals surface area contributed by atoms with Crippen molar-refractivity contribution in [2.45, 2.75) is 13.8 Å². The molecule has 2 rings (SSSR count). The topological polar surface area (TPSA) is 52.1 Å². The van der Waals surface area contributed by atoms with Gasteiger partial charge in [-0.1, -0.05) is 29.8 Å². The monoisotopic (exact) mass is 268 g/mol. The molecule has 0 saturated carbocycles. The zero-order valence-corrected chi connectivity index (χ0v) is 10.8. The summed E-state index contributed by atoms with van der Waals surface area (Å²) >= 11 is 6.47. The third-order valence-corrected chi connectivity index (χ3v) is 3.10. The van der Waals surface area contributed by atoms with E-state index in [1.54, 1.807) is 0 Å². The van der Waals surface area contributed by atoms with Crippen LogP contribution in [-0.4, -0.2) is 8.75 Å². The summed E-state index contributed by atoms with van der Waals surface area (Å²) in [4.78, 5) is 11.6. The molecule has 0 aliphatic heterocycles. The summed E-state index contributed by atoms with van der Waals surface area (Å²) in [5.41, 5.74) is 1.38. The number of hydrogen-bond donors (Lipinski definition) is 0. The SMILES string of the molecule is Cc1cccc(C)c1Oc1nsnc(Cl)c1=O. The van der Waals surface area contributed by atoms with E-state index in [9.17, 15) is 4.79 Å². The Morgan fingerprint density at radius 3 is 2.53 bits per heavy atom.